The Kier molecular flexibility index (Phi) is 4.40. The third-order valence-electron chi connectivity index (χ3n) is 3.98. The molecule has 19 heavy (non-hydrogen) atoms. The first kappa shape index (κ1) is 13.8. The van der Waals surface area contributed by atoms with Crippen LogP contribution in [0.2, 0.25) is 0 Å². The molecular formula is C15H21FN2O. The van der Waals surface area contributed by atoms with Gasteiger partial charge in [-0.2, -0.15) is 0 Å². The summed E-state index contributed by atoms with van der Waals surface area (Å²) in [6.45, 7) is 2.03. The van der Waals surface area contributed by atoms with Crippen molar-refractivity contribution in [3.63, 3.8) is 0 Å². The van der Waals surface area contributed by atoms with Crippen LogP contribution in [0.15, 0.2) is 18.2 Å². The van der Waals surface area contributed by atoms with Gasteiger partial charge in [-0.3, -0.25) is 4.79 Å². The number of anilines is 1. The number of halogens is 1. The Bertz CT molecular complexity index is 455. The normalized spacial score (nSPS) is 18.0. The van der Waals surface area contributed by atoms with E-state index in [1.807, 2.05) is 6.92 Å². The van der Waals surface area contributed by atoms with E-state index < -0.39 is 5.82 Å². The summed E-state index contributed by atoms with van der Waals surface area (Å²) < 4.78 is 13.3. The summed E-state index contributed by atoms with van der Waals surface area (Å²) in [5.41, 5.74) is 5.79. The van der Waals surface area contributed by atoms with Gasteiger partial charge in [-0.1, -0.05) is 19.3 Å². The highest BCUT2D eigenvalue weighted by Gasteiger charge is 2.22. The number of nitrogens with two attached hydrogens (primary N) is 1. The number of carbonyl (C=O) groups is 1. The maximum Gasteiger partial charge on any atom is 0.251 e. The SMILES string of the molecule is CC(NC(=O)c1ccc(N)c(F)c1)C1CCCCC1. The number of rotatable bonds is 3. The van der Waals surface area contributed by atoms with Crippen LogP contribution >= 0.6 is 0 Å². The first-order valence-corrected chi connectivity index (χ1v) is 6.94. The Balaban J connectivity index is 1.97. The van der Waals surface area contributed by atoms with Crippen molar-refractivity contribution < 1.29 is 9.18 Å². The van der Waals surface area contributed by atoms with Crippen LogP contribution in [-0.4, -0.2) is 11.9 Å². The molecule has 104 valence electrons. The van der Waals surface area contributed by atoms with Crippen molar-refractivity contribution in [1.29, 1.82) is 0 Å². The van der Waals surface area contributed by atoms with Gasteiger partial charge in [-0.15, -0.1) is 0 Å². The summed E-state index contributed by atoms with van der Waals surface area (Å²) in [5, 5.41) is 2.97. The molecule has 0 aliphatic heterocycles. The van der Waals surface area contributed by atoms with Crippen molar-refractivity contribution in [2.24, 2.45) is 5.92 Å². The molecule has 0 bridgehead atoms. The largest absolute Gasteiger partial charge is 0.396 e. The molecule has 1 aliphatic carbocycles. The van der Waals surface area contributed by atoms with Gasteiger partial charge in [0.1, 0.15) is 5.82 Å². The average Bonchev–Trinajstić information content (AvgIpc) is 2.42. The number of benzene rings is 1. The monoisotopic (exact) mass is 264 g/mol. The van der Waals surface area contributed by atoms with Gasteiger partial charge < -0.3 is 11.1 Å². The Morgan fingerprint density at radius 2 is 2.05 bits per heavy atom. The number of hydrogen-bond acceptors (Lipinski definition) is 2. The third-order valence-corrected chi connectivity index (χ3v) is 3.98. The molecule has 1 amide bonds. The van der Waals surface area contributed by atoms with Crippen molar-refractivity contribution >= 4 is 11.6 Å². The van der Waals surface area contributed by atoms with Gasteiger partial charge in [-0.05, 0) is 43.9 Å². The molecule has 1 aromatic carbocycles. The number of hydrogen-bond donors (Lipinski definition) is 2. The molecular weight excluding hydrogens is 243 g/mol. The molecule has 0 spiro atoms. The molecule has 0 heterocycles. The lowest BCUT2D eigenvalue weighted by molar-refractivity contribution is 0.0919. The second-order valence-corrected chi connectivity index (χ2v) is 5.40. The predicted octanol–water partition coefficient (Wildman–Crippen LogP) is 3.11. The Labute approximate surface area is 113 Å². The molecule has 0 radical (unpaired) electrons. The highest BCUT2D eigenvalue weighted by molar-refractivity contribution is 5.94. The maximum atomic E-state index is 13.3. The van der Waals surface area contributed by atoms with E-state index in [1.54, 1.807) is 6.07 Å². The Morgan fingerprint density at radius 1 is 1.37 bits per heavy atom. The van der Waals surface area contributed by atoms with Gasteiger partial charge in [0.25, 0.3) is 5.91 Å². The second-order valence-electron chi connectivity index (χ2n) is 5.40. The van der Waals surface area contributed by atoms with Crippen molar-refractivity contribution in [3.8, 4) is 0 Å². The number of amides is 1. The van der Waals surface area contributed by atoms with Gasteiger partial charge in [0.2, 0.25) is 0 Å². The van der Waals surface area contributed by atoms with Crippen molar-refractivity contribution in [2.45, 2.75) is 45.1 Å². The molecule has 1 aliphatic rings. The van der Waals surface area contributed by atoms with Crippen molar-refractivity contribution in [2.75, 3.05) is 5.73 Å². The summed E-state index contributed by atoms with van der Waals surface area (Å²) in [6.07, 6.45) is 6.10. The Hall–Kier alpha value is -1.58. The molecule has 1 saturated carbocycles. The molecule has 0 aromatic heterocycles. The lowest BCUT2D eigenvalue weighted by atomic mass is 9.84. The zero-order valence-electron chi connectivity index (χ0n) is 11.3. The molecule has 3 nitrogen and oxygen atoms in total. The summed E-state index contributed by atoms with van der Waals surface area (Å²) in [5.74, 6) is -0.230. The topological polar surface area (TPSA) is 55.1 Å². The number of carbonyl (C=O) groups excluding carboxylic acids is 1. The standard InChI is InChI=1S/C15H21FN2O/c1-10(11-5-3-2-4-6-11)18-15(19)12-7-8-14(17)13(16)9-12/h7-11H,2-6,17H2,1H3,(H,18,19). The summed E-state index contributed by atoms with van der Waals surface area (Å²) in [7, 11) is 0. The minimum absolute atomic E-state index is 0.0666. The molecule has 1 atom stereocenters. The number of nitrogens with one attached hydrogen (secondary N) is 1. The molecule has 1 unspecified atom stereocenters. The van der Waals surface area contributed by atoms with Crippen LogP contribution in [0, 0.1) is 11.7 Å². The van der Waals surface area contributed by atoms with Gasteiger partial charge in [-0.25, -0.2) is 4.39 Å². The summed E-state index contributed by atoms with van der Waals surface area (Å²) in [6, 6.07) is 4.31. The van der Waals surface area contributed by atoms with Crippen LogP contribution in [0.1, 0.15) is 49.4 Å². The van der Waals surface area contributed by atoms with Gasteiger partial charge >= 0.3 is 0 Å². The van der Waals surface area contributed by atoms with E-state index in [0.717, 1.165) is 12.8 Å². The van der Waals surface area contributed by atoms with Crippen LogP contribution in [-0.2, 0) is 0 Å². The molecule has 1 fully saturated rings. The Morgan fingerprint density at radius 3 is 2.68 bits per heavy atom. The first-order valence-electron chi connectivity index (χ1n) is 6.94. The predicted molar refractivity (Wildman–Crippen MR) is 74.3 cm³/mol. The second kappa shape index (κ2) is 6.04. The smallest absolute Gasteiger partial charge is 0.251 e. The lowest BCUT2D eigenvalue weighted by Crippen LogP contribution is -2.38. The van der Waals surface area contributed by atoms with E-state index in [0.29, 0.717) is 11.5 Å². The zero-order valence-corrected chi connectivity index (χ0v) is 11.3. The van der Waals surface area contributed by atoms with Crippen LogP contribution < -0.4 is 11.1 Å². The van der Waals surface area contributed by atoms with E-state index in [1.165, 1.54) is 31.4 Å². The van der Waals surface area contributed by atoms with Crippen molar-refractivity contribution in [3.05, 3.63) is 29.6 Å². The van der Waals surface area contributed by atoms with E-state index in [2.05, 4.69) is 5.32 Å². The molecule has 0 saturated heterocycles. The van der Waals surface area contributed by atoms with Crippen LogP contribution in [0.5, 0.6) is 0 Å². The molecule has 1 aromatic rings. The van der Waals surface area contributed by atoms with Gasteiger partial charge in [0.05, 0.1) is 5.69 Å². The first-order chi connectivity index (χ1) is 9.08. The lowest BCUT2D eigenvalue weighted by Gasteiger charge is -2.28. The highest BCUT2D eigenvalue weighted by Crippen LogP contribution is 2.26. The van der Waals surface area contributed by atoms with E-state index >= 15 is 0 Å². The van der Waals surface area contributed by atoms with Crippen LogP contribution in [0.4, 0.5) is 10.1 Å². The van der Waals surface area contributed by atoms with E-state index in [-0.39, 0.29) is 17.6 Å². The van der Waals surface area contributed by atoms with Gasteiger partial charge in [0.15, 0.2) is 0 Å². The minimum Gasteiger partial charge on any atom is -0.396 e. The third kappa shape index (κ3) is 3.46. The summed E-state index contributed by atoms with van der Waals surface area (Å²) in [4.78, 5) is 12.0. The molecule has 2 rings (SSSR count). The van der Waals surface area contributed by atoms with Crippen LogP contribution in [0.3, 0.4) is 0 Å². The fourth-order valence-electron chi connectivity index (χ4n) is 2.71. The zero-order chi connectivity index (χ0) is 13.8. The number of nitrogen functional groups attached to an aromatic ring is 1. The maximum absolute atomic E-state index is 13.3. The van der Waals surface area contributed by atoms with Gasteiger partial charge in [0, 0.05) is 11.6 Å². The van der Waals surface area contributed by atoms with Crippen molar-refractivity contribution in [1.82, 2.24) is 5.32 Å². The van der Waals surface area contributed by atoms with E-state index in [9.17, 15) is 9.18 Å². The molecule has 3 N–H and O–H groups in total. The minimum atomic E-state index is -0.544. The quantitative estimate of drug-likeness (QED) is 0.824. The fraction of sp³-hybridized carbons (Fsp3) is 0.533. The molecule has 4 heteroatoms. The average molecular weight is 264 g/mol. The van der Waals surface area contributed by atoms with Crippen LogP contribution in [0.25, 0.3) is 0 Å². The highest BCUT2D eigenvalue weighted by atomic mass is 19.1. The van der Waals surface area contributed by atoms with E-state index in [4.69, 9.17) is 5.73 Å². The summed E-state index contributed by atoms with van der Waals surface area (Å²) >= 11 is 0. The fourth-order valence-corrected chi connectivity index (χ4v) is 2.71.